The second kappa shape index (κ2) is 2.86. The van der Waals surface area contributed by atoms with E-state index < -0.39 is 0 Å². The molecule has 0 N–H and O–H groups in total. The van der Waals surface area contributed by atoms with Gasteiger partial charge in [-0.25, -0.2) is 0 Å². The Balaban J connectivity index is 2.36. The highest BCUT2D eigenvalue weighted by Crippen LogP contribution is 2.22. The van der Waals surface area contributed by atoms with E-state index in [4.69, 9.17) is 0 Å². The monoisotopic (exact) mass is 178 g/mol. The van der Waals surface area contributed by atoms with Crippen LogP contribution in [0.15, 0.2) is 6.20 Å². The van der Waals surface area contributed by atoms with Crippen molar-refractivity contribution in [3.8, 4) is 0 Å². The molecule has 1 aromatic heterocycles. The predicted molar refractivity (Wildman–Crippen MR) is 53.9 cm³/mol. The predicted octanol–water partition coefficient (Wildman–Crippen LogP) is 2.52. The van der Waals surface area contributed by atoms with Crippen LogP contribution in [0.5, 0.6) is 0 Å². The van der Waals surface area contributed by atoms with Crippen molar-refractivity contribution in [3.63, 3.8) is 0 Å². The number of aryl methyl sites for hydroxylation is 2. The van der Waals surface area contributed by atoms with Gasteiger partial charge in [-0.3, -0.25) is 4.68 Å². The van der Waals surface area contributed by atoms with Crippen molar-refractivity contribution in [2.75, 3.05) is 0 Å². The van der Waals surface area contributed by atoms with Crippen molar-refractivity contribution in [1.29, 1.82) is 0 Å². The molecule has 1 aliphatic rings. The Kier molecular flexibility index (Phi) is 1.94. The summed E-state index contributed by atoms with van der Waals surface area (Å²) < 4.78 is 2.11. The van der Waals surface area contributed by atoms with Gasteiger partial charge in [-0.1, -0.05) is 0 Å². The molecule has 0 saturated heterocycles. The highest BCUT2D eigenvalue weighted by Gasteiger charge is 2.19. The molecule has 0 saturated carbocycles. The molecule has 13 heavy (non-hydrogen) atoms. The summed E-state index contributed by atoms with van der Waals surface area (Å²) in [5, 5.41) is 4.64. The first kappa shape index (κ1) is 8.79. The summed E-state index contributed by atoms with van der Waals surface area (Å²) in [6.45, 7) is 6.60. The van der Waals surface area contributed by atoms with E-state index in [-0.39, 0.29) is 5.54 Å². The van der Waals surface area contributed by atoms with Crippen LogP contribution in [0.3, 0.4) is 0 Å². The zero-order valence-electron chi connectivity index (χ0n) is 8.80. The van der Waals surface area contributed by atoms with Crippen LogP contribution in [0.4, 0.5) is 0 Å². The smallest absolute Gasteiger partial charge is 0.0656 e. The third-order valence-corrected chi connectivity index (χ3v) is 2.67. The van der Waals surface area contributed by atoms with Crippen molar-refractivity contribution < 1.29 is 0 Å². The van der Waals surface area contributed by atoms with Gasteiger partial charge in [0.1, 0.15) is 0 Å². The minimum absolute atomic E-state index is 0.136. The molecule has 0 fully saturated rings. The molecule has 2 rings (SSSR count). The van der Waals surface area contributed by atoms with E-state index in [1.54, 1.807) is 0 Å². The summed E-state index contributed by atoms with van der Waals surface area (Å²) in [6.07, 6.45) is 7.29. The Morgan fingerprint density at radius 2 is 1.92 bits per heavy atom. The van der Waals surface area contributed by atoms with Crippen LogP contribution in [0.25, 0.3) is 0 Å². The van der Waals surface area contributed by atoms with Crippen molar-refractivity contribution in [2.24, 2.45) is 0 Å². The van der Waals surface area contributed by atoms with E-state index >= 15 is 0 Å². The Morgan fingerprint density at radius 1 is 1.23 bits per heavy atom. The van der Waals surface area contributed by atoms with Crippen molar-refractivity contribution in [1.82, 2.24) is 9.78 Å². The molecule has 0 radical (unpaired) electrons. The first-order valence-corrected chi connectivity index (χ1v) is 5.15. The van der Waals surface area contributed by atoms with Gasteiger partial charge in [0.25, 0.3) is 0 Å². The maximum Gasteiger partial charge on any atom is 0.0656 e. The number of rotatable bonds is 0. The molecular weight excluding hydrogens is 160 g/mol. The van der Waals surface area contributed by atoms with E-state index in [1.165, 1.54) is 36.9 Å². The lowest BCUT2D eigenvalue weighted by Crippen LogP contribution is -2.22. The molecule has 0 amide bonds. The minimum atomic E-state index is 0.136. The van der Waals surface area contributed by atoms with Gasteiger partial charge in [-0.15, -0.1) is 0 Å². The van der Waals surface area contributed by atoms with Crippen molar-refractivity contribution in [3.05, 3.63) is 17.5 Å². The second-order valence-corrected chi connectivity index (χ2v) is 4.92. The molecule has 0 bridgehead atoms. The van der Waals surface area contributed by atoms with Gasteiger partial charge in [0.05, 0.1) is 11.2 Å². The lowest BCUT2D eigenvalue weighted by Gasteiger charge is -2.18. The van der Waals surface area contributed by atoms with Gasteiger partial charge in [0.2, 0.25) is 0 Å². The molecule has 2 heteroatoms. The van der Waals surface area contributed by atoms with E-state index in [9.17, 15) is 0 Å². The zero-order valence-corrected chi connectivity index (χ0v) is 8.80. The lowest BCUT2D eigenvalue weighted by molar-refractivity contribution is 0.353. The van der Waals surface area contributed by atoms with Crippen LogP contribution in [-0.4, -0.2) is 9.78 Å². The highest BCUT2D eigenvalue weighted by molar-refractivity contribution is 5.20. The van der Waals surface area contributed by atoms with Crippen molar-refractivity contribution in [2.45, 2.75) is 52.0 Å². The molecule has 1 aliphatic carbocycles. The fourth-order valence-corrected chi connectivity index (χ4v) is 1.82. The number of nitrogens with zero attached hydrogens (tertiary/aromatic N) is 2. The Labute approximate surface area is 80.0 Å². The largest absolute Gasteiger partial charge is 0.267 e. The van der Waals surface area contributed by atoms with Gasteiger partial charge < -0.3 is 0 Å². The summed E-state index contributed by atoms with van der Waals surface area (Å²) >= 11 is 0. The van der Waals surface area contributed by atoms with Crippen molar-refractivity contribution >= 4 is 0 Å². The van der Waals surface area contributed by atoms with E-state index in [0.717, 1.165) is 0 Å². The van der Waals surface area contributed by atoms with Crippen LogP contribution in [0.1, 0.15) is 44.9 Å². The summed E-state index contributed by atoms with van der Waals surface area (Å²) in [5.41, 5.74) is 2.94. The SMILES string of the molecule is CC(C)(C)n1cc2c(n1)CCCC2. The van der Waals surface area contributed by atoms with E-state index in [0.29, 0.717) is 0 Å². The van der Waals surface area contributed by atoms with Crippen LogP contribution < -0.4 is 0 Å². The number of hydrogen-bond acceptors (Lipinski definition) is 1. The van der Waals surface area contributed by atoms with Crippen LogP contribution in [0, 0.1) is 0 Å². The summed E-state index contributed by atoms with van der Waals surface area (Å²) in [4.78, 5) is 0. The van der Waals surface area contributed by atoms with Gasteiger partial charge >= 0.3 is 0 Å². The minimum Gasteiger partial charge on any atom is -0.267 e. The first-order chi connectivity index (χ1) is 6.07. The van der Waals surface area contributed by atoms with Crippen LogP contribution in [0.2, 0.25) is 0 Å². The molecule has 72 valence electrons. The van der Waals surface area contributed by atoms with E-state index in [1.807, 2.05) is 0 Å². The van der Waals surface area contributed by atoms with Gasteiger partial charge in [-0.05, 0) is 52.0 Å². The molecule has 0 spiro atoms. The van der Waals surface area contributed by atoms with Gasteiger partial charge in [0, 0.05) is 6.20 Å². The molecule has 0 unspecified atom stereocenters. The zero-order chi connectivity index (χ0) is 9.47. The molecule has 0 aliphatic heterocycles. The quantitative estimate of drug-likeness (QED) is 0.597. The average molecular weight is 178 g/mol. The molecule has 1 heterocycles. The molecule has 1 aromatic rings. The summed E-state index contributed by atoms with van der Waals surface area (Å²) in [7, 11) is 0. The number of hydrogen-bond donors (Lipinski definition) is 0. The third-order valence-electron chi connectivity index (χ3n) is 2.67. The van der Waals surface area contributed by atoms with Gasteiger partial charge in [0.15, 0.2) is 0 Å². The number of fused-ring (bicyclic) bond motifs is 1. The fourth-order valence-electron chi connectivity index (χ4n) is 1.82. The van der Waals surface area contributed by atoms with Gasteiger partial charge in [-0.2, -0.15) is 5.10 Å². The Morgan fingerprint density at radius 3 is 2.54 bits per heavy atom. The first-order valence-electron chi connectivity index (χ1n) is 5.15. The fraction of sp³-hybridized carbons (Fsp3) is 0.727. The molecule has 0 aromatic carbocycles. The highest BCUT2D eigenvalue weighted by atomic mass is 15.3. The maximum absolute atomic E-state index is 4.64. The number of aromatic nitrogens is 2. The average Bonchev–Trinajstić information content (AvgIpc) is 2.45. The summed E-state index contributed by atoms with van der Waals surface area (Å²) in [6, 6.07) is 0. The third kappa shape index (κ3) is 1.62. The second-order valence-electron chi connectivity index (χ2n) is 4.92. The standard InChI is InChI=1S/C11H18N2/c1-11(2,3)13-8-9-6-4-5-7-10(9)12-13/h8H,4-7H2,1-3H3. The van der Waals surface area contributed by atoms with Crippen LogP contribution in [-0.2, 0) is 18.4 Å². The maximum atomic E-state index is 4.64. The van der Waals surface area contributed by atoms with E-state index in [2.05, 4.69) is 36.7 Å². The molecule has 2 nitrogen and oxygen atoms in total. The Bertz CT molecular complexity index is 281. The topological polar surface area (TPSA) is 17.8 Å². The molecule has 0 atom stereocenters. The molecular formula is C11H18N2. The van der Waals surface area contributed by atoms with Crippen LogP contribution >= 0.6 is 0 Å². The normalized spacial score (nSPS) is 17.2. The Hall–Kier alpha value is -0.790. The lowest BCUT2D eigenvalue weighted by atomic mass is 9.99. The summed E-state index contributed by atoms with van der Waals surface area (Å²) in [5.74, 6) is 0.